The maximum atomic E-state index is 13.8. The summed E-state index contributed by atoms with van der Waals surface area (Å²) in [4.78, 5) is 4.26. The molecular weight excluding hydrogens is 261 g/mol. The van der Waals surface area contributed by atoms with E-state index in [1.807, 2.05) is 4.57 Å². The first-order valence-corrected chi connectivity index (χ1v) is 6.65. The van der Waals surface area contributed by atoms with E-state index in [0.717, 1.165) is 25.0 Å². The molecule has 0 amide bonds. The van der Waals surface area contributed by atoms with Gasteiger partial charge in [-0.15, -0.1) is 0 Å². The lowest BCUT2D eigenvalue weighted by molar-refractivity contribution is 0.0124. The van der Waals surface area contributed by atoms with Crippen molar-refractivity contribution in [2.45, 2.75) is 25.3 Å². The van der Waals surface area contributed by atoms with Crippen molar-refractivity contribution in [3.8, 4) is 5.75 Å². The molecule has 1 unspecified atom stereocenters. The average molecular weight is 279 g/mol. The number of aromatic nitrogens is 2. The number of fused-ring (bicyclic) bond motifs is 1. The van der Waals surface area contributed by atoms with Crippen LogP contribution in [0.3, 0.4) is 0 Å². The van der Waals surface area contributed by atoms with Gasteiger partial charge in [0.25, 0.3) is 0 Å². The second-order valence-electron chi connectivity index (χ2n) is 5.43. The minimum atomic E-state index is -0.435. The highest BCUT2D eigenvalue weighted by molar-refractivity contribution is 5.80. The Morgan fingerprint density at radius 2 is 2.30 bits per heavy atom. The van der Waals surface area contributed by atoms with Gasteiger partial charge in [0, 0.05) is 18.7 Å². The summed E-state index contributed by atoms with van der Waals surface area (Å²) in [6.45, 7) is 3.42. The molecule has 0 bridgehead atoms. The molecule has 1 fully saturated rings. The van der Waals surface area contributed by atoms with Crippen molar-refractivity contribution in [1.82, 2.24) is 9.55 Å². The van der Waals surface area contributed by atoms with Crippen molar-refractivity contribution in [3.05, 3.63) is 17.9 Å². The molecule has 1 aliphatic rings. The third-order valence-electron chi connectivity index (χ3n) is 3.91. The van der Waals surface area contributed by atoms with Gasteiger partial charge in [0.05, 0.1) is 30.3 Å². The van der Waals surface area contributed by atoms with E-state index < -0.39 is 5.82 Å². The second kappa shape index (κ2) is 4.63. The normalized spacial score (nSPS) is 23.1. The van der Waals surface area contributed by atoms with Crippen molar-refractivity contribution in [2.75, 3.05) is 26.1 Å². The zero-order valence-electron chi connectivity index (χ0n) is 11.6. The fourth-order valence-electron chi connectivity index (χ4n) is 2.92. The summed E-state index contributed by atoms with van der Waals surface area (Å²) in [5.74, 6) is 0.134. The molecule has 2 N–H and O–H groups in total. The minimum absolute atomic E-state index is 0.193. The summed E-state index contributed by atoms with van der Waals surface area (Å²) in [6, 6.07) is 3.00. The van der Waals surface area contributed by atoms with Crippen LogP contribution in [0.25, 0.3) is 11.0 Å². The minimum Gasteiger partial charge on any atom is -0.494 e. The lowest BCUT2D eigenvalue weighted by Crippen LogP contribution is -2.39. The van der Waals surface area contributed by atoms with Crippen molar-refractivity contribution in [3.63, 3.8) is 0 Å². The van der Waals surface area contributed by atoms with Crippen LogP contribution < -0.4 is 10.5 Å². The molecule has 0 spiro atoms. The Balaban J connectivity index is 2.21. The van der Waals surface area contributed by atoms with Crippen LogP contribution >= 0.6 is 0 Å². The second-order valence-corrected chi connectivity index (χ2v) is 5.43. The van der Waals surface area contributed by atoms with E-state index in [4.69, 9.17) is 15.2 Å². The van der Waals surface area contributed by atoms with Crippen LogP contribution in [0, 0.1) is 5.82 Å². The first-order chi connectivity index (χ1) is 9.55. The summed E-state index contributed by atoms with van der Waals surface area (Å²) in [5, 5.41) is 0. The number of ether oxygens (including phenoxy) is 2. The number of benzene rings is 1. The third-order valence-corrected chi connectivity index (χ3v) is 3.91. The van der Waals surface area contributed by atoms with Gasteiger partial charge in [-0.3, -0.25) is 0 Å². The Kier molecular flexibility index (Phi) is 3.05. The highest BCUT2D eigenvalue weighted by Gasteiger charge is 2.33. The van der Waals surface area contributed by atoms with Gasteiger partial charge in [-0.2, -0.15) is 0 Å². The van der Waals surface area contributed by atoms with E-state index in [0.29, 0.717) is 18.1 Å². The molecule has 0 aliphatic carbocycles. The van der Waals surface area contributed by atoms with Gasteiger partial charge in [0.2, 0.25) is 5.95 Å². The van der Waals surface area contributed by atoms with E-state index in [2.05, 4.69) is 11.9 Å². The highest BCUT2D eigenvalue weighted by atomic mass is 19.1. The molecule has 1 atom stereocenters. The molecule has 1 aromatic heterocycles. The van der Waals surface area contributed by atoms with Crippen molar-refractivity contribution < 1.29 is 13.9 Å². The smallest absolute Gasteiger partial charge is 0.201 e. The van der Waals surface area contributed by atoms with Gasteiger partial charge in [-0.25, -0.2) is 9.37 Å². The highest BCUT2D eigenvalue weighted by Crippen LogP contribution is 2.35. The summed E-state index contributed by atoms with van der Waals surface area (Å²) in [5.41, 5.74) is 7.09. The lowest BCUT2D eigenvalue weighted by Gasteiger charge is -2.35. The fraction of sp³-hybridized carbons (Fsp3) is 0.500. The van der Waals surface area contributed by atoms with Crippen LogP contribution in [-0.4, -0.2) is 29.9 Å². The Hall–Kier alpha value is -1.82. The molecule has 1 aliphatic heterocycles. The number of methoxy groups -OCH3 is 1. The Morgan fingerprint density at radius 1 is 1.50 bits per heavy atom. The molecule has 1 saturated heterocycles. The van der Waals surface area contributed by atoms with Gasteiger partial charge < -0.3 is 19.8 Å². The fourth-order valence-corrected chi connectivity index (χ4v) is 2.92. The SMILES string of the molecule is COc1cc2c(cc1F)nc(N)n2C1(C)CCCOC1. The van der Waals surface area contributed by atoms with Gasteiger partial charge in [-0.1, -0.05) is 0 Å². The molecule has 20 heavy (non-hydrogen) atoms. The Morgan fingerprint density at radius 3 is 2.95 bits per heavy atom. The molecule has 2 heterocycles. The van der Waals surface area contributed by atoms with Crippen LogP contribution in [0.15, 0.2) is 12.1 Å². The van der Waals surface area contributed by atoms with Crippen molar-refractivity contribution in [2.24, 2.45) is 0 Å². The van der Waals surface area contributed by atoms with E-state index in [-0.39, 0.29) is 11.3 Å². The number of nitrogens with zero attached hydrogens (tertiary/aromatic N) is 2. The Bertz CT molecular complexity index is 647. The summed E-state index contributed by atoms with van der Waals surface area (Å²) in [6.07, 6.45) is 1.91. The molecule has 0 radical (unpaired) electrons. The van der Waals surface area contributed by atoms with Gasteiger partial charge in [-0.05, 0) is 19.8 Å². The predicted molar refractivity (Wildman–Crippen MR) is 74.4 cm³/mol. The molecule has 5 nitrogen and oxygen atoms in total. The molecule has 1 aromatic carbocycles. The molecule has 6 heteroatoms. The van der Waals surface area contributed by atoms with Crippen molar-refractivity contribution in [1.29, 1.82) is 0 Å². The zero-order chi connectivity index (χ0) is 14.3. The lowest BCUT2D eigenvalue weighted by atomic mass is 9.94. The number of nitrogen functional groups attached to an aromatic ring is 1. The summed E-state index contributed by atoms with van der Waals surface area (Å²) < 4.78 is 26.3. The van der Waals surface area contributed by atoms with E-state index in [1.165, 1.54) is 13.2 Å². The maximum Gasteiger partial charge on any atom is 0.201 e. The number of nitrogens with two attached hydrogens (primary N) is 1. The number of hydrogen-bond donors (Lipinski definition) is 1. The van der Waals surface area contributed by atoms with Crippen LogP contribution in [-0.2, 0) is 10.3 Å². The number of rotatable bonds is 2. The molecule has 0 saturated carbocycles. The average Bonchev–Trinajstić information content (AvgIpc) is 2.74. The summed E-state index contributed by atoms with van der Waals surface area (Å²) >= 11 is 0. The zero-order valence-corrected chi connectivity index (χ0v) is 11.6. The molecule has 108 valence electrons. The Labute approximate surface area is 116 Å². The largest absolute Gasteiger partial charge is 0.494 e. The monoisotopic (exact) mass is 279 g/mol. The first kappa shape index (κ1) is 13.2. The molecular formula is C14H18FN3O2. The number of anilines is 1. The van der Waals surface area contributed by atoms with Crippen LogP contribution in [0.4, 0.5) is 10.3 Å². The maximum absolute atomic E-state index is 13.8. The van der Waals surface area contributed by atoms with E-state index in [9.17, 15) is 4.39 Å². The third kappa shape index (κ3) is 1.91. The molecule has 3 rings (SSSR count). The number of hydrogen-bond acceptors (Lipinski definition) is 4. The van der Waals surface area contributed by atoms with E-state index in [1.54, 1.807) is 6.07 Å². The summed E-state index contributed by atoms with van der Waals surface area (Å²) in [7, 11) is 1.44. The standard InChI is InChI=1S/C14H18FN3O2/c1-14(4-3-5-20-8-14)18-11-7-12(19-2)9(15)6-10(11)17-13(18)16/h6-7H,3-5,8H2,1-2H3,(H2,16,17). The number of imidazole rings is 1. The number of halogens is 1. The van der Waals surface area contributed by atoms with E-state index >= 15 is 0 Å². The van der Waals surface area contributed by atoms with Crippen LogP contribution in [0.1, 0.15) is 19.8 Å². The van der Waals surface area contributed by atoms with Crippen molar-refractivity contribution >= 4 is 17.0 Å². The molecule has 2 aromatic rings. The topological polar surface area (TPSA) is 62.3 Å². The van der Waals surface area contributed by atoms with Gasteiger partial charge in [0.15, 0.2) is 11.6 Å². The predicted octanol–water partition coefficient (Wildman–Crippen LogP) is 2.29. The van der Waals surface area contributed by atoms with Crippen LogP contribution in [0.5, 0.6) is 5.75 Å². The van der Waals surface area contributed by atoms with Crippen LogP contribution in [0.2, 0.25) is 0 Å². The van der Waals surface area contributed by atoms with Gasteiger partial charge in [0.1, 0.15) is 0 Å². The quantitative estimate of drug-likeness (QED) is 0.916. The first-order valence-electron chi connectivity index (χ1n) is 6.65. The van der Waals surface area contributed by atoms with Gasteiger partial charge >= 0.3 is 0 Å².